The van der Waals surface area contributed by atoms with Crippen LogP contribution in [0, 0.1) is 0 Å². The van der Waals surface area contributed by atoms with E-state index in [1.54, 1.807) is 12.5 Å². The minimum Gasteiger partial charge on any atom is -0.342 e. The molecule has 5 heteroatoms. The number of benzene rings is 2. The van der Waals surface area contributed by atoms with Crippen molar-refractivity contribution in [2.24, 2.45) is 0 Å². The summed E-state index contributed by atoms with van der Waals surface area (Å²) < 4.78 is 0. The van der Waals surface area contributed by atoms with E-state index in [0.717, 1.165) is 11.0 Å². The Bertz CT molecular complexity index is 999. The third kappa shape index (κ3) is 2.60. The minimum absolute atomic E-state index is 0.713. The fourth-order valence-electron chi connectivity index (χ4n) is 2.50. The molecule has 0 amide bonds. The first-order valence-corrected chi connectivity index (χ1v) is 7.23. The van der Waals surface area contributed by atoms with Gasteiger partial charge in [0.2, 0.25) is 0 Å². The molecule has 0 unspecified atom stereocenters. The first-order valence-electron chi connectivity index (χ1n) is 7.23. The lowest BCUT2D eigenvalue weighted by Crippen LogP contribution is -1.80. The Morgan fingerprint density at radius 1 is 0.739 bits per heavy atom. The zero-order valence-corrected chi connectivity index (χ0v) is 12.2. The second-order valence-electron chi connectivity index (χ2n) is 5.03. The molecule has 5 rings (SSSR count). The molecule has 0 aliphatic heterocycles. The van der Waals surface area contributed by atoms with Gasteiger partial charge in [0, 0.05) is 17.0 Å². The molecule has 0 saturated heterocycles. The molecule has 0 aliphatic rings. The largest absolute Gasteiger partial charge is 0.342 e. The first-order chi connectivity index (χ1) is 11.4. The molecule has 0 fully saturated rings. The number of nitrogens with zero attached hydrogens (tertiary/aromatic N) is 4. The number of hydrogen-bond donors (Lipinski definition) is 1. The SMILES string of the molecule is c1ccc2c(c1)cnc1ccccc12.c1ncc2[nH]cnc2n1. The summed E-state index contributed by atoms with van der Waals surface area (Å²) in [4.78, 5) is 18.9. The molecule has 0 spiro atoms. The van der Waals surface area contributed by atoms with Crippen molar-refractivity contribution in [1.29, 1.82) is 0 Å². The van der Waals surface area contributed by atoms with Crippen LogP contribution in [0.15, 0.2) is 73.6 Å². The molecule has 0 bridgehead atoms. The molecule has 0 atom stereocenters. The van der Waals surface area contributed by atoms with Crippen LogP contribution >= 0.6 is 0 Å². The average molecular weight is 299 g/mol. The lowest BCUT2D eigenvalue weighted by Gasteiger charge is -2.01. The molecule has 0 saturated carbocycles. The number of nitrogens with one attached hydrogen (secondary N) is 1. The van der Waals surface area contributed by atoms with E-state index in [-0.39, 0.29) is 0 Å². The van der Waals surface area contributed by atoms with E-state index in [9.17, 15) is 0 Å². The van der Waals surface area contributed by atoms with Crippen molar-refractivity contribution in [1.82, 2.24) is 24.9 Å². The van der Waals surface area contributed by atoms with Crippen molar-refractivity contribution >= 4 is 32.8 Å². The predicted molar refractivity (Wildman–Crippen MR) is 90.9 cm³/mol. The Balaban J connectivity index is 0.000000130. The Kier molecular flexibility index (Phi) is 3.37. The second kappa shape index (κ2) is 5.81. The number of H-pyrrole nitrogens is 1. The van der Waals surface area contributed by atoms with Crippen molar-refractivity contribution in [3.8, 4) is 0 Å². The Morgan fingerprint density at radius 3 is 2.48 bits per heavy atom. The van der Waals surface area contributed by atoms with E-state index < -0.39 is 0 Å². The molecule has 23 heavy (non-hydrogen) atoms. The van der Waals surface area contributed by atoms with Gasteiger partial charge in [-0.15, -0.1) is 0 Å². The monoisotopic (exact) mass is 299 g/mol. The van der Waals surface area contributed by atoms with Crippen molar-refractivity contribution in [2.75, 3.05) is 0 Å². The number of aromatic amines is 1. The predicted octanol–water partition coefficient (Wildman–Crippen LogP) is 3.74. The van der Waals surface area contributed by atoms with Crippen molar-refractivity contribution in [2.45, 2.75) is 0 Å². The minimum atomic E-state index is 0.713. The molecular formula is C18H13N5. The number of imidazole rings is 1. The third-order valence-corrected chi connectivity index (χ3v) is 3.60. The summed E-state index contributed by atoms with van der Waals surface area (Å²) in [5.74, 6) is 0. The van der Waals surface area contributed by atoms with Crippen LogP contribution in [0.5, 0.6) is 0 Å². The summed E-state index contributed by atoms with van der Waals surface area (Å²) in [6, 6.07) is 16.6. The number of aromatic nitrogens is 5. The fourth-order valence-corrected chi connectivity index (χ4v) is 2.50. The maximum absolute atomic E-state index is 4.41. The molecule has 5 nitrogen and oxygen atoms in total. The molecule has 110 valence electrons. The van der Waals surface area contributed by atoms with Crippen LogP contribution in [0.4, 0.5) is 0 Å². The van der Waals surface area contributed by atoms with Gasteiger partial charge >= 0.3 is 0 Å². The topological polar surface area (TPSA) is 67.3 Å². The van der Waals surface area contributed by atoms with E-state index in [4.69, 9.17) is 0 Å². The quantitative estimate of drug-likeness (QED) is 0.442. The van der Waals surface area contributed by atoms with Crippen LogP contribution in [-0.4, -0.2) is 24.9 Å². The van der Waals surface area contributed by atoms with E-state index in [0.29, 0.717) is 5.65 Å². The molecule has 0 radical (unpaired) electrons. The van der Waals surface area contributed by atoms with Gasteiger partial charge in [0.05, 0.1) is 18.0 Å². The van der Waals surface area contributed by atoms with Gasteiger partial charge in [0.15, 0.2) is 5.65 Å². The van der Waals surface area contributed by atoms with Crippen molar-refractivity contribution < 1.29 is 0 Å². The van der Waals surface area contributed by atoms with E-state index in [2.05, 4.69) is 55.3 Å². The maximum Gasteiger partial charge on any atom is 0.180 e. The van der Waals surface area contributed by atoms with E-state index in [1.165, 1.54) is 22.5 Å². The van der Waals surface area contributed by atoms with Crippen LogP contribution in [0.2, 0.25) is 0 Å². The van der Waals surface area contributed by atoms with Gasteiger partial charge in [0.25, 0.3) is 0 Å². The average Bonchev–Trinajstić information content (AvgIpc) is 3.11. The van der Waals surface area contributed by atoms with Gasteiger partial charge < -0.3 is 4.98 Å². The molecule has 3 aromatic heterocycles. The molecule has 1 N–H and O–H groups in total. The summed E-state index contributed by atoms with van der Waals surface area (Å²) in [6.45, 7) is 0. The van der Waals surface area contributed by atoms with Crippen LogP contribution in [0.1, 0.15) is 0 Å². The van der Waals surface area contributed by atoms with Crippen molar-refractivity contribution in [3.05, 3.63) is 73.6 Å². The maximum atomic E-state index is 4.41. The Labute approximate surface area is 132 Å². The molecular weight excluding hydrogens is 286 g/mol. The summed E-state index contributed by atoms with van der Waals surface area (Å²) in [5, 5.41) is 3.70. The number of hydrogen-bond acceptors (Lipinski definition) is 4. The molecule has 3 heterocycles. The Hall–Kier alpha value is -3.34. The second-order valence-corrected chi connectivity index (χ2v) is 5.03. The van der Waals surface area contributed by atoms with Crippen LogP contribution < -0.4 is 0 Å². The lowest BCUT2D eigenvalue weighted by molar-refractivity contribution is 1.20. The van der Waals surface area contributed by atoms with Gasteiger partial charge in [-0.25, -0.2) is 15.0 Å². The first kappa shape index (κ1) is 13.3. The highest BCUT2D eigenvalue weighted by Crippen LogP contribution is 2.22. The molecule has 0 aliphatic carbocycles. The highest BCUT2D eigenvalue weighted by molar-refractivity contribution is 6.05. The van der Waals surface area contributed by atoms with E-state index >= 15 is 0 Å². The normalized spacial score (nSPS) is 10.6. The molecule has 2 aromatic carbocycles. The highest BCUT2D eigenvalue weighted by atomic mass is 15.0. The third-order valence-electron chi connectivity index (χ3n) is 3.60. The van der Waals surface area contributed by atoms with E-state index in [1.807, 2.05) is 24.4 Å². The van der Waals surface area contributed by atoms with Gasteiger partial charge in [-0.1, -0.05) is 42.5 Å². The fraction of sp³-hybridized carbons (Fsp3) is 0. The lowest BCUT2D eigenvalue weighted by atomic mass is 10.1. The summed E-state index contributed by atoms with van der Waals surface area (Å²) in [5.41, 5.74) is 2.65. The van der Waals surface area contributed by atoms with Gasteiger partial charge in [-0.3, -0.25) is 4.98 Å². The van der Waals surface area contributed by atoms with Crippen LogP contribution in [0.25, 0.3) is 32.8 Å². The highest BCUT2D eigenvalue weighted by Gasteiger charge is 1.98. The van der Waals surface area contributed by atoms with Crippen molar-refractivity contribution in [3.63, 3.8) is 0 Å². The number of rotatable bonds is 0. The van der Waals surface area contributed by atoms with Gasteiger partial charge in [0.1, 0.15) is 11.8 Å². The standard InChI is InChI=1S/C13H9N.C5H4N4/c1-2-6-11-10(5-1)9-14-13-8-4-3-7-12(11)13;1-4-5(8-2-6-1)9-3-7-4/h1-9H;1-3H,(H,6,7,8,9). The number of para-hydroxylation sites is 1. The Morgan fingerprint density at radius 2 is 1.57 bits per heavy atom. The summed E-state index contributed by atoms with van der Waals surface area (Å²) in [6.07, 6.45) is 6.69. The molecule has 5 aromatic rings. The van der Waals surface area contributed by atoms with Gasteiger partial charge in [-0.05, 0) is 11.5 Å². The smallest absolute Gasteiger partial charge is 0.180 e. The summed E-state index contributed by atoms with van der Waals surface area (Å²) >= 11 is 0. The van der Waals surface area contributed by atoms with Crippen LogP contribution in [0.3, 0.4) is 0 Å². The van der Waals surface area contributed by atoms with Crippen LogP contribution in [-0.2, 0) is 0 Å². The number of fused-ring (bicyclic) bond motifs is 4. The number of pyridine rings is 1. The summed E-state index contributed by atoms with van der Waals surface area (Å²) in [7, 11) is 0. The zero-order valence-electron chi connectivity index (χ0n) is 12.2. The van der Waals surface area contributed by atoms with Gasteiger partial charge in [-0.2, -0.15) is 0 Å². The zero-order chi connectivity index (χ0) is 15.5.